The number of benzene rings is 1. The summed E-state index contributed by atoms with van der Waals surface area (Å²) in [5.74, 6) is 2.40. The first-order chi connectivity index (χ1) is 12.1. The van der Waals surface area contributed by atoms with Crippen LogP contribution in [-0.2, 0) is 10.5 Å². The molecule has 2 N–H and O–H groups in total. The van der Waals surface area contributed by atoms with E-state index in [1.807, 2.05) is 31.2 Å². The number of hydrogen-bond acceptors (Lipinski definition) is 5. The van der Waals surface area contributed by atoms with Crippen molar-refractivity contribution in [1.82, 2.24) is 5.32 Å². The smallest absolute Gasteiger partial charge is 0.338 e. The summed E-state index contributed by atoms with van der Waals surface area (Å²) < 4.78 is 10.3. The predicted molar refractivity (Wildman–Crippen MR) is 106 cm³/mol. The SMILES string of the molecule is CCOC(=O)c1cccc(NC(=S)NCCSCc2ccco2)c1C. The Kier molecular flexibility index (Phi) is 7.81. The highest BCUT2D eigenvalue weighted by Gasteiger charge is 2.13. The molecule has 25 heavy (non-hydrogen) atoms. The Balaban J connectivity index is 1.78. The van der Waals surface area contributed by atoms with Gasteiger partial charge in [-0.3, -0.25) is 0 Å². The molecule has 0 unspecified atom stereocenters. The van der Waals surface area contributed by atoms with Crippen molar-refractivity contribution in [1.29, 1.82) is 0 Å². The van der Waals surface area contributed by atoms with Crippen LogP contribution in [0.2, 0.25) is 0 Å². The maximum Gasteiger partial charge on any atom is 0.338 e. The third-order valence-electron chi connectivity index (χ3n) is 3.43. The molecule has 0 aliphatic carbocycles. The summed E-state index contributed by atoms with van der Waals surface area (Å²) in [6.45, 7) is 4.76. The second-order valence-corrected chi connectivity index (χ2v) is 6.72. The van der Waals surface area contributed by atoms with Crippen molar-refractivity contribution in [2.75, 3.05) is 24.2 Å². The largest absolute Gasteiger partial charge is 0.468 e. The highest BCUT2D eigenvalue weighted by molar-refractivity contribution is 7.98. The van der Waals surface area contributed by atoms with Crippen LogP contribution in [0.15, 0.2) is 41.0 Å². The molecule has 0 radical (unpaired) electrons. The van der Waals surface area contributed by atoms with Crippen LogP contribution in [0.5, 0.6) is 0 Å². The summed E-state index contributed by atoms with van der Waals surface area (Å²) in [6, 6.07) is 9.30. The first kappa shape index (κ1) is 19.3. The van der Waals surface area contributed by atoms with Crippen LogP contribution >= 0.6 is 24.0 Å². The second-order valence-electron chi connectivity index (χ2n) is 5.21. The molecule has 0 aliphatic rings. The minimum atomic E-state index is -0.322. The molecular weight excluding hydrogens is 356 g/mol. The molecule has 2 aromatic rings. The Morgan fingerprint density at radius 2 is 2.16 bits per heavy atom. The number of carbonyl (C=O) groups is 1. The number of thioether (sulfide) groups is 1. The van der Waals surface area contributed by atoms with Crippen LogP contribution in [0.25, 0.3) is 0 Å². The van der Waals surface area contributed by atoms with Crippen LogP contribution < -0.4 is 10.6 Å². The summed E-state index contributed by atoms with van der Waals surface area (Å²) >= 11 is 7.09. The summed E-state index contributed by atoms with van der Waals surface area (Å²) in [5, 5.41) is 6.83. The summed E-state index contributed by atoms with van der Waals surface area (Å²) in [5.41, 5.74) is 2.16. The first-order valence-corrected chi connectivity index (χ1v) is 9.59. The topological polar surface area (TPSA) is 63.5 Å². The van der Waals surface area contributed by atoms with Gasteiger partial charge in [0.15, 0.2) is 5.11 Å². The van der Waals surface area contributed by atoms with E-state index in [0.29, 0.717) is 17.3 Å². The number of hydrogen-bond donors (Lipinski definition) is 2. The number of rotatable bonds is 8. The number of furan rings is 1. The van der Waals surface area contributed by atoms with Crippen LogP contribution in [0.3, 0.4) is 0 Å². The Morgan fingerprint density at radius 3 is 2.88 bits per heavy atom. The minimum Gasteiger partial charge on any atom is -0.468 e. The lowest BCUT2D eigenvalue weighted by molar-refractivity contribution is 0.0525. The highest BCUT2D eigenvalue weighted by atomic mass is 32.2. The fourth-order valence-electron chi connectivity index (χ4n) is 2.17. The molecule has 1 heterocycles. The third kappa shape index (κ3) is 6.10. The van der Waals surface area contributed by atoms with Gasteiger partial charge in [0.25, 0.3) is 0 Å². The molecule has 1 aromatic heterocycles. The van der Waals surface area contributed by atoms with Gasteiger partial charge in [-0.25, -0.2) is 4.79 Å². The van der Waals surface area contributed by atoms with E-state index in [0.717, 1.165) is 35.1 Å². The van der Waals surface area contributed by atoms with Gasteiger partial charge >= 0.3 is 5.97 Å². The maximum atomic E-state index is 11.9. The lowest BCUT2D eigenvalue weighted by Crippen LogP contribution is -2.30. The second kappa shape index (κ2) is 10.1. The molecule has 0 saturated heterocycles. The zero-order valence-corrected chi connectivity index (χ0v) is 16.0. The van der Waals surface area contributed by atoms with Crippen molar-refractivity contribution in [3.8, 4) is 0 Å². The summed E-state index contributed by atoms with van der Waals surface area (Å²) in [6.07, 6.45) is 1.68. The molecule has 7 heteroatoms. The molecule has 0 aliphatic heterocycles. The van der Waals surface area contributed by atoms with E-state index in [1.54, 1.807) is 31.0 Å². The molecule has 1 aromatic carbocycles. The minimum absolute atomic E-state index is 0.322. The fraction of sp³-hybridized carbons (Fsp3) is 0.333. The number of carbonyl (C=O) groups excluding carboxylic acids is 1. The molecule has 0 atom stereocenters. The van der Waals surface area contributed by atoms with Crippen molar-refractivity contribution in [3.63, 3.8) is 0 Å². The van der Waals surface area contributed by atoms with E-state index >= 15 is 0 Å². The van der Waals surface area contributed by atoms with Crippen molar-refractivity contribution in [2.24, 2.45) is 0 Å². The van der Waals surface area contributed by atoms with E-state index in [2.05, 4.69) is 10.6 Å². The molecule has 0 spiro atoms. The Bertz CT molecular complexity index is 702. The van der Waals surface area contributed by atoms with Crippen LogP contribution in [-0.4, -0.2) is 30.0 Å². The number of thiocarbonyl (C=S) groups is 1. The van der Waals surface area contributed by atoms with Gasteiger partial charge in [-0.1, -0.05) is 6.07 Å². The standard InChI is InChI=1S/C18H22N2O3S2/c1-3-22-17(21)15-7-4-8-16(13(15)2)20-18(24)19-9-11-25-12-14-6-5-10-23-14/h4-8,10H,3,9,11-12H2,1-2H3,(H2,19,20,24). The fourth-order valence-corrected chi connectivity index (χ4v) is 3.14. The van der Waals surface area contributed by atoms with Crippen molar-refractivity contribution < 1.29 is 13.9 Å². The lowest BCUT2D eigenvalue weighted by atomic mass is 10.1. The van der Waals surface area contributed by atoms with E-state index in [4.69, 9.17) is 21.4 Å². The van der Waals surface area contributed by atoms with E-state index < -0.39 is 0 Å². The van der Waals surface area contributed by atoms with Gasteiger partial charge < -0.3 is 19.8 Å². The maximum absolute atomic E-state index is 11.9. The predicted octanol–water partition coefficient (Wildman–Crippen LogP) is 3.98. The van der Waals surface area contributed by atoms with Crippen LogP contribution in [0.1, 0.15) is 28.6 Å². The molecule has 0 amide bonds. The molecule has 5 nitrogen and oxygen atoms in total. The summed E-state index contributed by atoms with van der Waals surface area (Å²) in [7, 11) is 0. The average Bonchev–Trinajstić information content (AvgIpc) is 3.10. The Morgan fingerprint density at radius 1 is 1.32 bits per heavy atom. The van der Waals surface area contributed by atoms with Crippen molar-refractivity contribution in [2.45, 2.75) is 19.6 Å². The van der Waals surface area contributed by atoms with Gasteiger partial charge in [-0.2, -0.15) is 11.8 Å². The van der Waals surface area contributed by atoms with Crippen molar-refractivity contribution in [3.05, 3.63) is 53.5 Å². The molecule has 0 saturated carbocycles. The number of anilines is 1. The number of ether oxygens (including phenoxy) is 1. The molecule has 2 rings (SSSR count). The van der Waals surface area contributed by atoms with Crippen molar-refractivity contribution >= 4 is 40.7 Å². The average molecular weight is 379 g/mol. The molecule has 0 bridgehead atoms. The number of esters is 1. The van der Waals surface area contributed by atoms with Crippen LogP contribution in [0, 0.1) is 6.92 Å². The molecule has 0 fully saturated rings. The lowest BCUT2D eigenvalue weighted by Gasteiger charge is -2.14. The van der Waals surface area contributed by atoms with E-state index in [1.165, 1.54) is 0 Å². The molecule has 134 valence electrons. The van der Waals surface area contributed by atoms with Gasteiger partial charge in [-0.05, 0) is 55.9 Å². The molecular formula is C18H22N2O3S2. The van der Waals surface area contributed by atoms with E-state index in [9.17, 15) is 4.79 Å². The zero-order chi connectivity index (χ0) is 18.1. The zero-order valence-electron chi connectivity index (χ0n) is 14.3. The summed E-state index contributed by atoms with van der Waals surface area (Å²) in [4.78, 5) is 11.9. The monoisotopic (exact) mass is 378 g/mol. The van der Waals surface area contributed by atoms with E-state index in [-0.39, 0.29) is 5.97 Å². The van der Waals surface area contributed by atoms with Gasteiger partial charge in [0.05, 0.1) is 24.2 Å². The highest BCUT2D eigenvalue weighted by Crippen LogP contribution is 2.19. The Labute approximate surface area is 157 Å². The number of nitrogens with one attached hydrogen (secondary N) is 2. The Hall–Kier alpha value is -1.99. The van der Waals surface area contributed by atoms with Gasteiger partial charge in [0.2, 0.25) is 0 Å². The van der Waals surface area contributed by atoms with Gasteiger partial charge in [0.1, 0.15) is 5.76 Å². The van der Waals surface area contributed by atoms with Gasteiger partial charge in [-0.15, -0.1) is 0 Å². The quantitative estimate of drug-likeness (QED) is 0.409. The first-order valence-electron chi connectivity index (χ1n) is 8.03. The normalized spacial score (nSPS) is 10.3. The van der Waals surface area contributed by atoms with Crippen LogP contribution in [0.4, 0.5) is 5.69 Å². The van der Waals surface area contributed by atoms with Gasteiger partial charge in [0, 0.05) is 18.0 Å². The third-order valence-corrected chi connectivity index (χ3v) is 4.66.